The van der Waals surface area contributed by atoms with Crippen molar-refractivity contribution in [2.45, 2.75) is 0 Å². The first-order valence-electron chi connectivity index (χ1n) is 12.5. The van der Waals surface area contributed by atoms with Crippen molar-refractivity contribution in [2.75, 3.05) is 0 Å². The van der Waals surface area contributed by atoms with Gasteiger partial charge in [-0.05, 0) is 36.4 Å². The maximum Gasteiger partial charge on any atom is 0.165 e. The number of benzene rings is 5. The summed E-state index contributed by atoms with van der Waals surface area (Å²) in [6.07, 6.45) is 0. The predicted octanol–water partition coefficient (Wildman–Crippen LogP) is 9.61. The monoisotopic (exact) mass is 521 g/mol. The summed E-state index contributed by atoms with van der Waals surface area (Å²) in [6.45, 7) is 0. The quantitative estimate of drug-likeness (QED) is 0.232. The van der Waals surface area contributed by atoms with Gasteiger partial charge in [0.15, 0.2) is 17.5 Å². The zero-order valence-corrected chi connectivity index (χ0v) is 21.8. The molecule has 0 saturated heterocycles. The fourth-order valence-electron chi connectivity index (χ4n) is 5.13. The van der Waals surface area contributed by atoms with Crippen molar-refractivity contribution < 1.29 is 0 Å². The van der Waals surface area contributed by atoms with E-state index in [0.29, 0.717) is 17.5 Å². The summed E-state index contributed by atoms with van der Waals surface area (Å²) in [6, 6.07) is 40.2. The van der Waals surface area contributed by atoms with Crippen molar-refractivity contribution in [2.24, 2.45) is 0 Å². The zero-order chi connectivity index (χ0) is 25.1. The van der Waals surface area contributed by atoms with Gasteiger partial charge in [-0.2, -0.15) is 0 Å². The number of nitrogens with zero attached hydrogens (tertiary/aromatic N) is 3. The lowest BCUT2D eigenvalue weighted by molar-refractivity contribution is 1.08. The van der Waals surface area contributed by atoms with E-state index in [1.54, 1.807) is 11.3 Å². The van der Waals surface area contributed by atoms with E-state index >= 15 is 0 Å². The molecule has 0 spiro atoms. The minimum atomic E-state index is 0.680. The average molecular weight is 522 g/mol. The third-order valence-electron chi connectivity index (χ3n) is 6.95. The highest BCUT2D eigenvalue weighted by atomic mass is 32.1. The zero-order valence-electron chi connectivity index (χ0n) is 20.1. The third-order valence-corrected chi connectivity index (χ3v) is 9.32. The Labute approximate surface area is 226 Å². The van der Waals surface area contributed by atoms with Crippen molar-refractivity contribution in [1.82, 2.24) is 15.0 Å². The Hall–Kier alpha value is -4.45. The van der Waals surface area contributed by atoms with E-state index in [1.165, 1.54) is 40.3 Å². The molecule has 3 heterocycles. The van der Waals surface area contributed by atoms with Crippen LogP contribution in [0, 0.1) is 0 Å². The topological polar surface area (TPSA) is 38.7 Å². The second-order valence-corrected chi connectivity index (χ2v) is 11.4. The fourth-order valence-corrected chi connectivity index (χ4v) is 7.43. The molecule has 0 fully saturated rings. The number of thiophene rings is 2. The van der Waals surface area contributed by atoms with Crippen LogP contribution in [0.25, 0.3) is 74.5 Å². The minimum absolute atomic E-state index is 0.680. The number of fused-ring (bicyclic) bond motifs is 6. The SMILES string of the molecule is c1ccc(-c2nc(-c3ccc4sc5ccccc5c4c3)nc(-c3cccc4c3sc3ccccc34)n2)cc1. The van der Waals surface area contributed by atoms with E-state index in [9.17, 15) is 0 Å². The molecule has 5 heteroatoms. The molecular formula is C33H19N3S2. The maximum absolute atomic E-state index is 5.08. The molecule has 0 amide bonds. The highest BCUT2D eigenvalue weighted by Crippen LogP contribution is 2.40. The number of hydrogen-bond donors (Lipinski definition) is 0. The van der Waals surface area contributed by atoms with E-state index in [2.05, 4.69) is 97.1 Å². The summed E-state index contributed by atoms with van der Waals surface area (Å²) >= 11 is 3.61. The fraction of sp³-hybridized carbons (Fsp3) is 0. The van der Waals surface area contributed by atoms with Gasteiger partial charge in [0.1, 0.15) is 0 Å². The van der Waals surface area contributed by atoms with Crippen LogP contribution < -0.4 is 0 Å². The van der Waals surface area contributed by atoms with Crippen LogP contribution in [0.15, 0.2) is 115 Å². The van der Waals surface area contributed by atoms with Crippen molar-refractivity contribution in [3.63, 3.8) is 0 Å². The number of rotatable bonds is 3. The number of hydrogen-bond acceptors (Lipinski definition) is 5. The molecule has 0 N–H and O–H groups in total. The molecule has 8 rings (SSSR count). The van der Waals surface area contributed by atoms with Crippen LogP contribution in [0.1, 0.15) is 0 Å². The molecule has 0 aliphatic heterocycles. The molecule has 0 saturated carbocycles. The predicted molar refractivity (Wildman–Crippen MR) is 162 cm³/mol. The van der Waals surface area contributed by atoms with Gasteiger partial charge in [0, 0.05) is 57.0 Å². The molecule has 3 aromatic heterocycles. The molecule has 0 atom stereocenters. The summed E-state index contributed by atoms with van der Waals surface area (Å²) in [4.78, 5) is 15.1. The number of aromatic nitrogens is 3. The summed E-state index contributed by atoms with van der Waals surface area (Å²) in [5.41, 5.74) is 3.00. The van der Waals surface area contributed by atoms with Crippen LogP contribution >= 0.6 is 22.7 Å². The van der Waals surface area contributed by atoms with Gasteiger partial charge in [0.2, 0.25) is 0 Å². The standard InChI is InChI=1S/C33H19N3S2/c1-2-9-20(10-3-1)31-34-32(21-17-18-29-26(19-21)23-12-5-6-15-27(23)37-29)36-33(35-31)25-14-8-13-24-22-11-4-7-16-28(22)38-30(24)25/h1-19H. The molecule has 0 unspecified atom stereocenters. The minimum Gasteiger partial charge on any atom is -0.208 e. The molecule has 8 aromatic rings. The Morgan fingerprint density at radius 1 is 0.395 bits per heavy atom. The van der Waals surface area contributed by atoms with E-state index in [1.807, 2.05) is 29.5 Å². The average Bonchev–Trinajstić information content (AvgIpc) is 3.55. The van der Waals surface area contributed by atoms with Gasteiger partial charge < -0.3 is 0 Å². The summed E-state index contributed by atoms with van der Waals surface area (Å²) in [5.74, 6) is 2.06. The van der Waals surface area contributed by atoms with E-state index in [-0.39, 0.29) is 0 Å². The van der Waals surface area contributed by atoms with Crippen LogP contribution in [0.2, 0.25) is 0 Å². The van der Waals surface area contributed by atoms with Gasteiger partial charge >= 0.3 is 0 Å². The molecular weight excluding hydrogens is 503 g/mol. The second kappa shape index (κ2) is 8.55. The molecule has 0 bridgehead atoms. The third kappa shape index (κ3) is 3.44. The Morgan fingerprint density at radius 2 is 1.00 bits per heavy atom. The van der Waals surface area contributed by atoms with Gasteiger partial charge in [-0.1, -0.05) is 78.9 Å². The lowest BCUT2D eigenvalue weighted by atomic mass is 10.1. The van der Waals surface area contributed by atoms with Gasteiger partial charge in [0.05, 0.1) is 0 Å². The normalized spacial score (nSPS) is 11.7. The van der Waals surface area contributed by atoms with Crippen LogP contribution in [0.4, 0.5) is 0 Å². The van der Waals surface area contributed by atoms with Crippen molar-refractivity contribution >= 4 is 63.0 Å². The Bertz CT molecular complexity index is 2140. The van der Waals surface area contributed by atoms with Crippen LogP contribution in [-0.2, 0) is 0 Å². The van der Waals surface area contributed by atoms with Crippen molar-refractivity contribution in [1.29, 1.82) is 0 Å². The van der Waals surface area contributed by atoms with Crippen LogP contribution in [0.5, 0.6) is 0 Å². The first-order valence-corrected chi connectivity index (χ1v) is 14.1. The van der Waals surface area contributed by atoms with Gasteiger partial charge in [-0.3, -0.25) is 0 Å². The largest absolute Gasteiger partial charge is 0.208 e. The lowest BCUT2D eigenvalue weighted by Gasteiger charge is -2.09. The molecule has 0 aliphatic carbocycles. The first kappa shape index (κ1) is 21.6. The molecule has 0 radical (unpaired) electrons. The van der Waals surface area contributed by atoms with Gasteiger partial charge in [-0.25, -0.2) is 15.0 Å². The molecule has 38 heavy (non-hydrogen) atoms. The second-order valence-electron chi connectivity index (χ2n) is 9.26. The highest BCUT2D eigenvalue weighted by molar-refractivity contribution is 7.26. The molecule has 3 nitrogen and oxygen atoms in total. The Balaban J connectivity index is 1.39. The molecule has 0 aliphatic rings. The Kier molecular flexibility index (Phi) is 4.87. The van der Waals surface area contributed by atoms with Gasteiger partial charge in [0.25, 0.3) is 0 Å². The molecule has 5 aromatic carbocycles. The van der Waals surface area contributed by atoms with E-state index < -0.39 is 0 Å². The van der Waals surface area contributed by atoms with Crippen LogP contribution in [0.3, 0.4) is 0 Å². The summed E-state index contributed by atoms with van der Waals surface area (Å²) in [5, 5.41) is 5.00. The van der Waals surface area contributed by atoms with Crippen molar-refractivity contribution in [3.05, 3.63) is 115 Å². The first-order chi connectivity index (χ1) is 18.8. The van der Waals surface area contributed by atoms with E-state index in [4.69, 9.17) is 15.0 Å². The smallest absolute Gasteiger partial charge is 0.165 e. The van der Waals surface area contributed by atoms with Crippen LogP contribution in [-0.4, -0.2) is 15.0 Å². The highest BCUT2D eigenvalue weighted by Gasteiger charge is 2.17. The summed E-state index contributed by atoms with van der Waals surface area (Å²) < 4.78 is 5.02. The lowest BCUT2D eigenvalue weighted by Crippen LogP contribution is -2.00. The summed E-state index contributed by atoms with van der Waals surface area (Å²) in [7, 11) is 0. The van der Waals surface area contributed by atoms with Gasteiger partial charge in [-0.15, -0.1) is 22.7 Å². The van der Waals surface area contributed by atoms with Crippen molar-refractivity contribution in [3.8, 4) is 34.2 Å². The maximum atomic E-state index is 5.08. The molecule has 178 valence electrons. The Morgan fingerprint density at radius 3 is 1.82 bits per heavy atom. The van der Waals surface area contributed by atoms with E-state index in [0.717, 1.165) is 16.7 Å².